The van der Waals surface area contributed by atoms with Crippen LogP contribution in [0.5, 0.6) is 0 Å². The van der Waals surface area contributed by atoms with E-state index in [-0.39, 0.29) is 23.4 Å². The van der Waals surface area contributed by atoms with E-state index in [2.05, 4.69) is 5.10 Å². The molecule has 1 aliphatic rings. The van der Waals surface area contributed by atoms with Crippen LogP contribution in [0.25, 0.3) is 0 Å². The Bertz CT molecular complexity index is 714. The normalized spacial score (nSPS) is 21.5. The first-order chi connectivity index (χ1) is 10.5. The van der Waals surface area contributed by atoms with E-state index < -0.39 is 17.7 Å². The molecular formula is C16H16F2N2O2. The molecule has 6 heteroatoms. The molecule has 2 aromatic rings. The maximum Gasteiger partial charge on any atom is 0.310 e. The molecule has 1 fully saturated rings. The van der Waals surface area contributed by atoms with Gasteiger partial charge in [-0.2, -0.15) is 5.10 Å². The zero-order chi connectivity index (χ0) is 15.9. The summed E-state index contributed by atoms with van der Waals surface area (Å²) in [7, 11) is 1.82. The van der Waals surface area contributed by atoms with Gasteiger partial charge in [-0.1, -0.05) is 0 Å². The lowest BCUT2D eigenvalue weighted by Gasteiger charge is -2.14. The summed E-state index contributed by atoms with van der Waals surface area (Å²) in [6.45, 7) is 1.58. The molecule has 0 N–H and O–H groups in total. The number of carbonyl (C=O) groups is 1. The number of hydrogen-bond acceptors (Lipinski definition) is 3. The Hall–Kier alpha value is -2.24. The molecule has 3 atom stereocenters. The number of esters is 1. The van der Waals surface area contributed by atoms with Crippen LogP contribution >= 0.6 is 0 Å². The SMILES string of the molecule is C[C@H](OC(=O)[C@@H]1C[C@H]1c1cnn(C)c1)c1ccc(F)cc1F. The van der Waals surface area contributed by atoms with Crippen molar-refractivity contribution in [3.8, 4) is 0 Å². The van der Waals surface area contributed by atoms with Crippen molar-refractivity contribution >= 4 is 5.97 Å². The van der Waals surface area contributed by atoms with Gasteiger partial charge in [-0.05, 0) is 31.0 Å². The quantitative estimate of drug-likeness (QED) is 0.815. The zero-order valence-corrected chi connectivity index (χ0v) is 12.3. The molecule has 0 bridgehead atoms. The number of ether oxygens (including phenoxy) is 1. The van der Waals surface area contributed by atoms with Crippen LogP contribution in [0.4, 0.5) is 8.78 Å². The topological polar surface area (TPSA) is 44.1 Å². The predicted molar refractivity (Wildman–Crippen MR) is 74.9 cm³/mol. The van der Waals surface area contributed by atoms with Gasteiger partial charge >= 0.3 is 5.97 Å². The highest BCUT2D eigenvalue weighted by Gasteiger charge is 2.46. The summed E-state index contributed by atoms with van der Waals surface area (Å²) in [4.78, 5) is 12.1. The van der Waals surface area contributed by atoms with Crippen molar-refractivity contribution in [3.63, 3.8) is 0 Å². The summed E-state index contributed by atoms with van der Waals surface area (Å²) in [5.74, 6) is -1.81. The molecular weight excluding hydrogens is 290 g/mol. The van der Waals surface area contributed by atoms with Gasteiger partial charge in [0.25, 0.3) is 0 Å². The Balaban J connectivity index is 1.63. The van der Waals surface area contributed by atoms with Crippen LogP contribution in [-0.2, 0) is 16.6 Å². The van der Waals surface area contributed by atoms with E-state index in [1.807, 2.05) is 13.2 Å². The monoisotopic (exact) mass is 306 g/mol. The molecule has 1 heterocycles. The summed E-state index contributed by atoms with van der Waals surface area (Å²) in [6.07, 6.45) is 3.58. The van der Waals surface area contributed by atoms with Crippen molar-refractivity contribution in [1.29, 1.82) is 0 Å². The fourth-order valence-corrected chi connectivity index (χ4v) is 2.61. The molecule has 3 rings (SSSR count). The number of nitrogens with zero attached hydrogens (tertiary/aromatic N) is 2. The Labute approximate surface area is 126 Å². The summed E-state index contributed by atoms with van der Waals surface area (Å²) >= 11 is 0. The van der Waals surface area contributed by atoms with Crippen molar-refractivity contribution in [3.05, 3.63) is 53.4 Å². The van der Waals surface area contributed by atoms with Gasteiger partial charge in [0.15, 0.2) is 0 Å². The molecule has 1 aromatic carbocycles. The number of halogens is 2. The van der Waals surface area contributed by atoms with Gasteiger partial charge in [-0.25, -0.2) is 8.78 Å². The van der Waals surface area contributed by atoms with E-state index in [9.17, 15) is 13.6 Å². The minimum atomic E-state index is -0.747. The summed E-state index contributed by atoms with van der Waals surface area (Å²) < 4.78 is 33.6. The second kappa shape index (κ2) is 5.51. The van der Waals surface area contributed by atoms with Crippen molar-refractivity contribution in [1.82, 2.24) is 9.78 Å². The van der Waals surface area contributed by atoms with Gasteiger partial charge in [-0.3, -0.25) is 9.48 Å². The molecule has 0 unspecified atom stereocenters. The fourth-order valence-electron chi connectivity index (χ4n) is 2.61. The van der Waals surface area contributed by atoms with E-state index in [1.165, 1.54) is 6.07 Å². The number of carbonyl (C=O) groups excluding carboxylic acids is 1. The first-order valence-electron chi connectivity index (χ1n) is 7.09. The third kappa shape index (κ3) is 2.86. The van der Waals surface area contributed by atoms with Gasteiger partial charge in [0.1, 0.15) is 17.7 Å². The Kier molecular flexibility index (Phi) is 3.68. The third-order valence-corrected chi connectivity index (χ3v) is 3.94. The van der Waals surface area contributed by atoms with Crippen molar-refractivity contribution < 1.29 is 18.3 Å². The second-order valence-electron chi connectivity index (χ2n) is 5.64. The standard InChI is InChI=1S/C16H16F2N2O2/c1-9(12-4-3-11(17)5-15(12)18)22-16(21)14-6-13(14)10-7-19-20(2)8-10/h3-5,7-9,13-14H,6H2,1-2H3/t9-,13-,14+/m0/s1. The minimum absolute atomic E-state index is 0.117. The number of hydrogen-bond donors (Lipinski definition) is 0. The molecule has 1 aliphatic carbocycles. The highest BCUT2D eigenvalue weighted by Crippen LogP contribution is 2.48. The van der Waals surface area contributed by atoms with E-state index in [0.717, 1.165) is 17.7 Å². The summed E-state index contributed by atoms with van der Waals surface area (Å²) in [5, 5.41) is 4.08. The Morgan fingerprint density at radius 3 is 2.86 bits per heavy atom. The molecule has 0 saturated heterocycles. The van der Waals surface area contributed by atoms with Crippen LogP contribution in [0, 0.1) is 17.6 Å². The number of rotatable bonds is 4. The van der Waals surface area contributed by atoms with Crippen LogP contribution < -0.4 is 0 Å². The van der Waals surface area contributed by atoms with Gasteiger partial charge < -0.3 is 4.74 Å². The molecule has 0 radical (unpaired) electrons. The number of benzene rings is 1. The van der Waals surface area contributed by atoms with E-state index in [0.29, 0.717) is 6.42 Å². The van der Waals surface area contributed by atoms with E-state index >= 15 is 0 Å². The van der Waals surface area contributed by atoms with Crippen LogP contribution in [0.1, 0.15) is 36.5 Å². The maximum atomic E-state index is 13.7. The van der Waals surface area contributed by atoms with Crippen LogP contribution in [-0.4, -0.2) is 15.7 Å². The molecule has 1 aromatic heterocycles. The summed E-state index contributed by atoms with van der Waals surface area (Å²) in [5.41, 5.74) is 1.18. The second-order valence-corrected chi connectivity index (χ2v) is 5.64. The lowest BCUT2D eigenvalue weighted by Crippen LogP contribution is -2.12. The molecule has 116 valence electrons. The Morgan fingerprint density at radius 2 is 2.23 bits per heavy atom. The largest absolute Gasteiger partial charge is 0.457 e. The van der Waals surface area contributed by atoms with E-state index in [1.54, 1.807) is 17.8 Å². The average Bonchev–Trinajstić information content (AvgIpc) is 3.14. The van der Waals surface area contributed by atoms with Crippen LogP contribution in [0.15, 0.2) is 30.6 Å². The molecule has 0 spiro atoms. The predicted octanol–water partition coefficient (Wildman–Crippen LogP) is 3.11. The van der Waals surface area contributed by atoms with Crippen LogP contribution in [0.2, 0.25) is 0 Å². The highest BCUT2D eigenvalue weighted by atomic mass is 19.1. The zero-order valence-electron chi connectivity index (χ0n) is 12.3. The molecule has 22 heavy (non-hydrogen) atoms. The third-order valence-electron chi connectivity index (χ3n) is 3.94. The van der Waals surface area contributed by atoms with E-state index in [4.69, 9.17) is 4.74 Å². The first-order valence-corrected chi connectivity index (χ1v) is 7.09. The Morgan fingerprint density at radius 1 is 1.45 bits per heavy atom. The molecule has 4 nitrogen and oxygen atoms in total. The number of aromatic nitrogens is 2. The van der Waals surface area contributed by atoms with Gasteiger partial charge in [0.05, 0.1) is 12.1 Å². The molecule has 1 saturated carbocycles. The lowest BCUT2D eigenvalue weighted by molar-refractivity contribution is -0.150. The fraction of sp³-hybridized carbons (Fsp3) is 0.375. The van der Waals surface area contributed by atoms with Crippen molar-refractivity contribution in [2.45, 2.75) is 25.4 Å². The maximum absolute atomic E-state index is 13.7. The molecule has 0 aliphatic heterocycles. The smallest absolute Gasteiger partial charge is 0.310 e. The lowest BCUT2D eigenvalue weighted by atomic mass is 10.1. The van der Waals surface area contributed by atoms with Gasteiger partial charge in [0, 0.05) is 30.8 Å². The van der Waals surface area contributed by atoms with Gasteiger partial charge in [-0.15, -0.1) is 0 Å². The molecule has 0 amide bonds. The minimum Gasteiger partial charge on any atom is -0.457 e. The van der Waals surface area contributed by atoms with Gasteiger partial charge in [0.2, 0.25) is 0 Å². The first kappa shape index (κ1) is 14.7. The highest BCUT2D eigenvalue weighted by molar-refractivity contribution is 5.77. The van der Waals surface area contributed by atoms with Crippen molar-refractivity contribution in [2.24, 2.45) is 13.0 Å². The summed E-state index contributed by atoms with van der Waals surface area (Å²) in [6, 6.07) is 3.24. The van der Waals surface area contributed by atoms with Crippen molar-refractivity contribution in [2.75, 3.05) is 0 Å². The number of aryl methyl sites for hydroxylation is 1. The average molecular weight is 306 g/mol. The van der Waals surface area contributed by atoms with Crippen LogP contribution in [0.3, 0.4) is 0 Å².